The zero-order valence-electron chi connectivity index (χ0n) is 12.4. The summed E-state index contributed by atoms with van der Waals surface area (Å²) in [6, 6.07) is 0. The Morgan fingerprint density at radius 2 is 1.70 bits per heavy atom. The molecule has 0 aromatic heterocycles. The molecule has 0 aliphatic carbocycles. The van der Waals surface area contributed by atoms with E-state index in [0.29, 0.717) is 12.0 Å². The van der Waals surface area contributed by atoms with E-state index in [2.05, 4.69) is 4.74 Å². The van der Waals surface area contributed by atoms with Gasteiger partial charge in [-0.2, -0.15) is 0 Å². The summed E-state index contributed by atoms with van der Waals surface area (Å²) >= 11 is 0.712. The number of carbonyl (C=O) groups is 4. The van der Waals surface area contributed by atoms with Crippen molar-refractivity contribution in [1.82, 2.24) is 0 Å². The number of rotatable bonds is 7. The molecule has 10 heteroatoms. The molecule has 0 spiro atoms. The van der Waals surface area contributed by atoms with E-state index in [1.807, 2.05) is 0 Å². The van der Waals surface area contributed by atoms with Crippen molar-refractivity contribution < 1.29 is 42.3 Å². The Balaban J connectivity index is 1.86. The summed E-state index contributed by atoms with van der Waals surface area (Å²) in [4.78, 5) is 46.4. The predicted octanol–water partition coefficient (Wildman–Crippen LogP) is -0.243. The molecule has 0 aromatic rings. The van der Waals surface area contributed by atoms with Crippen molar-refractivity contribution in [3.05, 3.63) is 0 Å². The third-order valence-electron chi connectivity index (χ3n) is 3.13. The number of ether oxygens (including phenoxy) is 4. The number of hydrogen-bond acceptors (Lipinski definition) is 10. The van der Waals surface area contributed by atoms with Crippen molar-refractivity contribution in [3.63, 3.8) is 0 Å². The normalized spacial score (nSPS) is 24.7. The molecule has 0 radical (unpaired) electrons. The van der Waals surface area contributed by atoms with Crippen LogP contribution >= 0.6 is 12.0 Å². The van der Waals surface area contributed by atoms with Crippen LogP contribution in [0, 0.1) is 0 Å². The third-order valence-corrected chi connectivity index (χ3v) is 3.92. The second-order valence-corrected chi connectivity index (χ2v) is 5.87. The Bertz CT molecular complexity index is 492. The lowest BCUT2D eigenvalue weighted by Crippen LogP contribution is -2.32. The van der Waals surface area contributed by atoms with E-state index in [1.54, 1.807) is 0 Å². The van der Waals surface area contributed by atoms with Gasteiger partial charge in [-0.1, -0.05) is 0 Å². The van der Waals surface area contributed by atoms with Crippen LogP contribution in [0.4, 0.5) is 0 Å². The van der Waals surface area contributed by atoms with Crippen LogP contribution in [0.2, 0.25) is 0 Å². The first kappa shape index (κ1) is 17.5. The molecule has 2 rings (SSSR count). The van der Waals surface area contributed by atoms with E-state index in [-0.39, 0.29) is 32.5 Å². The highest BCUT2D eigenvalue weighted by atomic mass is 32.2. The maximum atomic E-state index is 12.0. The van der Waals surface area contributed by atoms with Gasteiger partial charge in [-0.3, -0.25) is 9.59 Å². The Labute approximate surface area is 136 Å². The van der Waals surface area contributed by atoms with E-state index in [9.17, 15) is 19.2 Å². The molecule has 2 aliphatic heterocycles. The highest BCUT2D eigenvalue weighted by Crippen LogP contribution is 2.21. The van der Waals surface area contributed by atoms with Gasteiger partial charge >= 0.3 is 23.9 Å². The second kappa shape index (κ2) is 8.16. The van der Waals surface area contributed by atoms with Gasteiger partial charge in [0, 0.05) is 24.9 Å². The second-order valence-electron chi connectivity index (χ2n) is 4.77. The summed E-state index contributed by atoms with van der Waals surface area (Å²) in [5.41, 5.74) is 0. The molecule has 2 saturated heterocycles. The minimum absolute atomic E-state index is 0.185. The van der Waals surface area contributed by atoms with Crippen LogP contribution in [0.15, 0.2) is 0 Å². The number of hydrogen-bond donors (Lipinski definition) is 0. The van der Waals surface area contributed by atoms with Crippen LogP contribution in [0.25, 0.3) is 0 Å². The van der Waals surface area contributed by atoms with Gasteiger partial charge in [0.2, 0.25) is 12.2 Å². The molecule has 2 fully saturated rings. The zero-order chi connectivity index (χ0) is 16.8. The smallest absolute Gasteiger partial charge is 0.347 e. The Hall–Kier alpha value is -1.81. The SMILES string of the molecule is COSC(CC(=O)OC1CCOC1=O)C(=O)OC1CCOC1=O. The van der Waals surface area contributed by atoms with Crippen molar-refractivity contribution in [2.75, 3.05) is 20.3 Å². The molecule has 0 aromatic carbocycles. The van der Waals surface area contributed by atoms with Crippen molar-refractivity contribution in [3.8, 4) is 0 Å². The maximum absolute atomic E-state index is 12.0. The highest BCUT2D eigenvalue weighted by Gasteiger charge is 2.36. The molecule has 2 heterocycles. The van der Waals surface area contributed by atoms with Gasteiger partial charge in [0.05, 0.1) is 26.7 Å². The molecule has 2 aliphatic rings. The number of carbonyl (C=O) groups excluding carboxylic acids is 4. The van der Waals surface area contributed by atoms with E-state index < -0.39 is 41.3 Å². The summed E-state index contributed by atoms with van der Waals surface area (Å²) in [6.45, 7) is 0.379. The number of cyclic esters (lactones) is 2. The lowest BCUT2D eigenvalue weighted by atomic mass is 10.2. The first-order valence-corrected chi connectivity index (χ1v) is 7.74. The summed E-state index contributed by atoms with van der Waals surface area (Å²) in [6.07, 6.45) is -1.72. The predicted molar refractivity (Wildman–Crippen MR) is 73.9 cm³/mol. The molecule has 23 heavy (non-hydrogen) atoms. The zero-order valence-corrected chi connectivity index (χ0v) is 13.2. The Kier molecular flexibility index (Phi) is 6.22. The molecular weight excluding hydrogens is 332 g/mol. The average molecular weight is 348 g/mol. The van der Waals surface area contributed by atoms with Gasteiger partial charge in [0.1, 0.15) is 5.25 Å². The average Bonchev–Trinajstić information content (AvgIpc) is 3.08. The van der Waals surface area contributed by atoms with E-state index in [1.165, 1.54) is 7.11 Å². The Morgan fingerprint density at radius 3 is 2.17 bits per heavy atom. The molecule has 0 amide bonds. The van der Waals surface area contributed by atoms with E-state index in [4.69, 9.17) is 18.4 Å². The van der Waals surface area contributed by atoms with Crippen molar-refractivity contribution in [2.45, 2.75) is 36.7 Å². The maximum Gasteiger partial charge on any atom is 0.347 e. The molecule has 128 valence electrons. The summed E-state index contributed by atoms with van der Waals surface area (Å²) in [7, 11) is 1.33. The molecule has 3 atom stereocenters. The van der Waals surface area contributed by atoms with E-state index in [0.717, 1.165) is 0 Å². The molecule has 0 bridgehead atoms. The fourth-order valence-corrected chi connectivity index (χ4v) is 2.59. The van der Waals surface area contributed by atoms with Gasteiger partial charge in [-0.15, -0.1) is 0 Å². The summed E-state index contributed by atoms with van der Waals surface area (Å²) < 4.78 is 24.2. The van der Waals surface area contributed by atoms with Gasteiger partial charge < -0.3 is 23.1 Å². The lowest BCUT2D eigenvalue weighted by Gasteiger charge is -2.16. The van der Waals surface area contributed by atoms with Gasteiger partial charge in [0.25, 0.3) is 0 Å². The lowest BCUT2D eigenvalue weighted by molar-refractivity contribution is -0.163. The quantitative estimate of drug-likeness (QED) is 0.347. The molecular formula is C13H16O9S. The standard InChI is InChI=1S/C13H16O9S/c1-18-23-9(13(17)22-8-3-5-20-12(8)16)6-10(14)21-7-2-4-19-11(7)15/h7-9H,2-6H2,1H3. The largest absolute Gasteiger partial charge is 0.463 e. The molecule has 9 nitrogen and oxygen atoms in total. The van der Waals surface area contributed by atoms with Gasteiger partial charge in [-0.05, 0) is 0 Å². The fraction of sp³-hybridized carbons (Fsp3) is 0.692. The van der Waals surface area contributed by atoms with Crippen LogP contribution < -0.4 is 0 Å². The van der Waals surface area contributed by atoms with Crippen LogP contribution in [-0.4, -0.2) is 61.7 Å². The third kappa shape index (κ3) is 4.83. The van der Waals surface area contributed by atoms with E-state index >= 15 is 0 Å². The topological polar surface area (TPSA) is 114 Å². The fourth-order valence-electron chi connectivity index (χ4n) is 2.02. The van der Waals surface area contributed by atoms with Gasteiger partial charge in [0.15, 0.2) is 0 Å². The highest BCUT2D eigenvalue weighted by molar-refractivity contribution is 7.96. The monoisotopic (exact) mass is 348 g/mol. The molecule has 3 unspecified atom stereocenters. The van der Waals surface area contributed by atoms with Crippen LogP contribution in [0.1, 0.15) is 19.3 Å². The first-order chi connectivity index (χ1) is 11.0. The van der Waals surface area contributed by atoms with Crippen molar-refractivity contribution >= 4 is 35.9 Å². The first-order valence-electron chi connectivity index (χ1n) is 6.94. The van der Waals surface area contributed by atoms with Crippen LogP contribution in [0.5, 0.6) is 0 Å². The summed E-state index contributed by atoms with van der Waals surface area (Å²) in [5, 5.41) is -1.02. The summed E-state index contributed by atoms with van der Waals surface area (Å²) in [5.74, 6) is -2.76. The molecule has 0 saturated carbocycles. The van der Waals surface area contributed by atoms with Crippen molar-refractivity contribution in [1.29, 1.82) is 0 Å². The number of esters is 4. The van der Waals surface area contributed by atoms with Crippen LogP contribution in [-0.2, 0) is 42.3 Å². The minimum Gasteiger partial charge on any atom is -0.463 e. The van der Waals surface area contributed by atoms with Crippen molar-refractivity contribution in [2.24, 2.45) is 0 Å². The van der Waals surface area contributed by atoms with Gasteiger partial charge in [-0.25, -0.2) is 9.59 Å². The Morgan fingerprint density at radius 1 is 1.13 bits per heavy atom. The van der Waals surface area contributed by atoms with Crippen LogP contribution in [0.3, 0.4) is 0 Å². The molecule has 0 N–H and O–H groups in total. The minimum atomic E-state index is -1.02.